The molecule has 1 aliphatic heterocycles. The minimum atomic E-state index is -0.00375. The normalized spacial score (nSPS) is 16.8. The fourth-order valence-corrected chi connectivity index (χ4v) is 2.49. The minimum absolute atomic E-state index is 0.00375. The van der Waals surface area contributed by atoms with Gasteiger partial charge in [0.1, 0.15) is 5.76 Å². The third-order valence-electron chi connectivity index (χ3n) is 2.61. The first kappa shape index (κ1) is 11.5. The first-order valence-electron chi connectivity index (χ1n) is 5.52. The molecule has 0 aromatic carbocycles. The van der Waals surface area contributed by atoms with Crippen molar-refractivity contribution in [1.82, 2.24) is 10.1 Å². The number of hydrogen-bond donors (Lipinski definition) is 0. The molecule has 1 saturated heterocycles. The molecule has 4 nitrogen and oxygen atoms in total. The second-order valence-corrected chi connectivity index (χ2v) is 5.40. The van der Waals surface area contributed by atoms with Crippen molar-refractivity contribution in [2.45, 2.75) is 19.8 Å². The number of rotatable bonds is 2. The molecule has 16 heavy (non-hydrogen) atoms. The molecule has 0 spiro atoms. The van der Waals surface area contributed by atoms with E-state index < -0.39 is 0 Å². The molecular weight excluding hydrogens is 224 g/mol. The fourth-order valence-electron chi connectivity index (χ4n) is 1.59. The van der Waals surface area contributed by atoms with Crippen LogP contribution in [0.3, 0.4) is 0 Å². The highest BCUT2D eigenvalue weighted by molar-refractivity contribution is 7.99. The van der Waals surface area contributed by atoms with Gasteiger partial charge in [0.05, 0.1) is 0 Å². The molecule has 0 saturated carbocycles. The smallest absolute Gasteiger partial charge is 0.276 e. The zero-order chi connectivity index (χ0) is 11.5. The standard InChI is InChI=1S/C11H16N2O2S/c1-8(2)10-7-9(12-15-10)11(14)13-3-5-16-6-4-13/h7-8H,3-6H2,1-2H3. The molecule has 0 aliphatic carbocycles. The summed E-state index contributed by atoms with van der Waals surface area (Å²) < 4.78 is 5.14. The highest BCUT2D eigenvalue weighted by Crippen LogP contribution is 2.17. The van der Waals surface area contributed by atoms with E-state index in [0.29, 0.717) is 5.69 Å². The van der Waals surface area contributed by atoms with Crippen molar-refractivity contribution in [2.24, 2.45) is 0 Å². The molecule has 1 amide bonds. The van der Waals surface area contributed by atoms with Gasteiger partial charge in [0.25, 0.3) is 5.91 Å². The highest BCUT2D eigenvalue weighted by atomic mass is 32.2. The van der Waals surface area contributed by atoms with Crippen molar-refractivity contribution in [3.63, 3.8) is 0 Å². The summed E-state index contributed by atoms with van der Waals surface area (Å²) in [6.07, 6.45) is 0. The van der Waals surface area contributed by atoms with Crippen LogP contribution in [0, 0.1) is 0 Å². The third-order valence-corrected chi connectivity index (χ3v) is 3.56. The maximum absolute atomic E-state index is 12.0. The predicted molar refractivity (Wildman–Crippen MR) is 63.8 cm³/mol. The van der Waals surface area contributed by atoms with Gasteiger partial charge >= 0.3 is 0 Å². The second-order valence-electron chi connectivity index (χ2n) is 4.17. The Morgan fingerprint density at radius 3 is 2.75 bits per heavy atom. The maximum atomic E-state index is 12.0. The van der Waals surface area contributed by atoms with Crippen molar-refractivity contribution < 1.29 is 9.32 Å². The van der Waals surface area contributed by atoms with E-state index in [1.165, 1.54) is 0 Å². The first-order valence-corrected chi connectivity index (χ1v) is 6.67. The number of amides is 1. The van der Waals surface area contributed by atoms with Crippen LogP contribution in [0.4, 0.5) is 0 Å². The van der Waals surface area contributed by atoms with E-state index in [1.54, 1.807) is 6.07 Å². The Morgan fingerprint density at radius 2 is 2.19 bits per heavy atom. The molecule has 0 N–H and O–H groups in total. The summed E-state index contributed by atoms with van der Waals surface area (Å²) >= 11 is 1.88. The number of thioether (sulfide) groups is 1. The van der Waals surface area contributed by atoms with E-state index in [9.17, 15) is 4.79 Å². The van der Waals surface area contributed by atoms with Gasteiger partial charge in [-0.25, -0.2) is 0 Å². The summed E-state index contributed by atoms with van der Waals surface area (Å²) in [5.41, 5.74) is 0.440. The summed E-state index contributed by atoms with van der Waals surface area (Å²) in [4.78, 5) is 13.9. The Morgan fingerprint density at radius 1 is 1.50 bits per heavy atom. The van der Waals surface area contributed by atoms with Crippen molar-refractivity contribution in [2.75, 3.05) is 24.6 Å². The van der Waals surface area contributed by atoms with Gasteiger partial charge in [-0.3, -0.25) is 4.79 Å². The van der Waals surface area contributed by atoms with Gasteiger partial charge in [-0.05, 0) is 0 Å². The number of carbonyl (C=O) groups excluding carboxylic acids is 1. The molecule has 2 heterocycles. The molecule has 5 heteroatoms. The molecule has 1 aliphatic rings. The summed E-state index contributed by atoms with van der Waals surface area (Å²) in [7, 11) is 0. The van der Waals surface area contributed by atoms with E-state index in [-0.39, 0.29) is 11.8 Å². The summed E-state index contributed by atoms with van der Waals surface area (Å²) in [5, 5.41) is 3.84. The van der Waals surface area contributed by atoms with E-state index in [1.807, 2.05) is 30.5 Å². The van der Waals surface area contributed by atoms with Gasteiger partial charge in [0.2, 0.25) is 0 Å². The molecular formula is C11H16N2O2S. The molecule has 1 aromatic heterocycles. The van der Waals surface area contributed by atoms with E-state index in [0.717, 1.165) is 30.4 Å². The number of aromatic nitrogens is 1. The fraction of sp³-hybridized carbons (Fsp3) is 0.636. The molecule has 1 fully saturated rings. The van der Waals surface area contributed by atoms with Gasteiger partial charge in [-0.2, -0.15) is 11.8 Å². The Balaban J connectivity index is 2.07. The molecule has 0 unspecified atom stereocenters. The van der Waals surface area contributed by atoms with Crippen molar-refractivity contribution in [1.29, 1.82) is 0 Å². The Kier molecular flexibility index (Phi) is 3.53. The number of nitrogens with zero attached hydrogens (tertiary/aromatic N) is 2. The van der Waals surface area contributed by atoms with E-state index in [4.69, 9.17) is 4.52 Å². The van der Waals surface area contributed by atoms with Crippen LogP contribution >= 0.6 is 11.8 Å². The lowest BCUT2D eigenvalue weighted by Gasteiger charge is -2.25. The highest BCUT2D eigenvalue weighted by Gasteiger charge is 2.22. The Labute approximate surface area is 99.4 Å². The van der Waals surface area contributed by atoms with Crippen LogP contribution in [0.2, 0.25) is 0 Å². The number of carbonyl (C=O) groups is 1. The predicted octanol–water partition coefficient (Wildman–Crippen LogP) is 1.99. The number of hydrogen-bond acceptors (Lipinski definition) is 4. The molecule has 88 valence electrons. The van der Waals surface area contributed by atoms with Gasteiger partial charge in [-0.1, -0.05) is 19.0 Å². The summed E-state index contributed by atoms with van der Waals surface area (Å²) in [5.74, 6) is 3.07. The summed E-state index contributed by atoms with van der Waals surface area (Å²) in [6.45, 7) is 5.67. The zero-order valence-electron chi connectivity index (χ0n) is 9.60. The lowest BCUT2D eigenvalue weighted by Crippen LogP contribution is -2.38. The molecule has 0 bridgehead atoms. The zero-order valence-corrected chi connectivity index (χ0v) is 10.4. The SMILES string of the molecule is CC(C)c1cc(C(=O)N2CCSCC2)no1. The Hall–Kier alpha value is -0.970. The second kappa shape index (κ2) is 4.91. The average Bonchev–Trinajstić information content (AvgIpc) is 2.78. The largest absolute Gasteiger partial charge is 0.360 e. The minimum Gasteiger partial charge on any atom is -0.360 e. The lowest BCUT2D eigenvalue weighted by molar-refractivity contribution is 0.0762. The van der Waals surface area contributed by atoms with Gasteiger partial charge in [-0.15, -0.1) is 0 Å². The van der Waals surface area contributed by atoms with Crippen LogP contribution in [0.1, 0.15) is 36.0 Å². The van der Waals surface area contributed by atoms with Crippen molar-refractivity contribution >= 4 is 17.7 Å². The molecule has 0 atom stereocenters. The van der Waals surface area contributed by atoms with E-state index in [2.05, 4.69) is 5.16 Å². The van der Waals surface area contributed by atoms with E-state index >= 15 is 0 Å². The van der Waals surface area contributed by atoms with Crippen LogP contribution < -0.4 is 0 Å². The van der Waals surface area contributed by atoms with Crippen LogP contribution in [0.25, 0.3) is 0 Å². The maximum Gasteiger partial charge on any atom is 0.276 e. The van der Waals surface area contributed by atoms with Crippen LogP contribution in [-0.4, -0.2) is 40.6 Å². The first-order chi connectivity index (χ1) is 7.68. The van der Waals surface area contributed by atoms with Gasteiger partial charge in [0, 0.05) is 36.6 Å². The van der Waals surface area contributed by atoms with Crippen molar-refractivity contribution in [3.05, 3.63) is 17.5 Å². The van der Waals surface area contributed by atoms with Crippen LogP contribution in [-0.2, 0) is 0 Å². The summed E-state index contributed by atoms with van der Waals surface area (Å²) in [6, 6.07) is 1.76. The third kappa shape index (κ3) is 2.40. The quantitative estimate of drug-likeness (QED) is 0.793. The topological polar surface area (TPSA) is 46.3 Å². The van der Waals surface area contributed by atoms with Crippen LogP contribution in [0.15, 0.2) is 10.6 Å². The monoisotopic (exact) mass is 240 g/mol. The van der Waals surface area contributed by atoms with Crippen molar-refractivity contribution in [3.8, 4) is 0 Å². The average molecular weight is 240 g/mol. The van der Waals surface area contributed by atoms with Gasteiger partial charge < -0.3 is 9.42 Å². The lowest BCUT2D eigenvalue weighted by atomic mass is 10.1. The molecule has 2 rings (SSSR count). The molecule has 1 aromatic rings. The van der Waals surface area contributed by atoms with Crippen LogP contribution in [0.5, 0.6) is 0 Å². The van der Waals surface area contributed by atoms with Gasteiger partial charge in [0.15, 0.2) is 5.69 Å². The molecule has 0 radical (unpaired) electrons. The Bertz CT molecular complexity index is 370.